The van der Waals surface area contributed by atoms with Crippen molar-refractivity contribution in [1.82, 2.24) is 0 Å². The van der Waals surface area contributed by atoms with Gasteiger partial charge in [-0.3, -0.25) is 0 Å². The van der Waals surface area contributed by atoms with Crippen molar-refractivity contribution in [2.24, 2.45) is 0 Å². The molecule has 1 saturated heterocycles. The first-order chi connectivity index (χ1) is 4.89. The molecule has 1 aliphatic heterocycles. The van der Waals surface area contributed by atoms with Crippen molar-refractivity contribution in [3.8, 4) is 0 Å². The van der Waals surface area contributed by atoms with Gasteiger partial charge in [0.15, 0.2) is 0 Å². The van der Waals surface area contributed by atoms with Crippen LogP contribution >= 0.6 is 8.69 Å². The van der Waals surface area contributed by atoms with E-state index in [-0.39, 0.29) is 19.9 Å². The summed E-state index contributed by atoms with van der Waals surface area (Å²) in [7, 11) is -0.300. The fourth-order valence-electron chi connectivity index (χ4n) is 0.896. The molecule has 1 N–H and O–H groups in total. The van der Waals surface area contributed by atoms with Gasteiger partial charge in [0.1, 0.15) is 0 Å². The third-order valence-electron chi connectivity index (χ3n) is 2.36. The number of rotatable bonds is 1. The fourth-order valence-corrected chi connectivity index (χ4v) is 1.59. The van der Waals surface area contributed by atoms with Crippen LogP contribution in [0, 0.1) is 0 Å². The van der Waals surface area contributed by atoms with Crippen LogP contribution < -0.4 is 0 Å². The van der Waals surface area contributed by atoms with Crippen molar-refractivity contribution in [2.75, 3.05) is 0 Å². The fraction of sp³-hybridized carbons (Fsp3) is 1.00. The van der Waals surface area contributed by atoms with Crippen molar-refractivity contribution in [1.29, 1.82) is 0 Å². The highest BCUT2D eigenvalue weighted by Crippen LogP contribution is 2.40. The summed E-state index contributed by atoms with van der Waals surface area (Å²) in [5, 5.41) is 0. The Kier molecular flexibility index (Phi) is 2.32. The molecule has 0 spiro atoms. The van der Waals surface area contributed by atoms with Crippen molar-refractivity contribution in [3.05, 3.63) is 0 Å². The van der Waals surface area contributed by atoms with E-state index >= 15 is 0 Å². The lowest BCUT2D eigenvalue weighted by molar-refractivity contribution is 0.00578. The average Bonchev–Trinajstić information content (AvgIpc) is 2.03. The first-order valence-electron chi connectivity index (χ1n) is 3.64. The van der Waals surface area contributed by atoms with E-state index in [4.69, 9.17) is 14.2 Å². The van der Waals surface area contributed by atoms with Crippen LogP contribution in [0.5, 0.6) is 0 Å². The summed E-state index contributed by atoms with van der Waals surface area (Å²) < 4.78 is 10.9. The lowest BCUT2D eigenvalue weighted by atomic mass is 9.90. The van der Waals surface area contributed by atoms with Gasteiger partial charge in [-0.25, -0.2) is 0 Å². The molecule has 0 radical (unpaired) electrons. The second-order valence-electron chi connectivity index (χ2n) is 3.72. The molecule has 0 aromatic carbocycles. The van der Waals surface area contributed by atoms with E-state index in [1.807, 2.05) is 27.7 Å². The molecule has 1 atom stereocenters. The second-order valence-corrected chi connectivity index (χ2v) is 4.45. The highest BCUT2D eigenvalue weighted by atomic mass is 31.1. The first kappa shape index (κ1) is 9.46. The molecule has 1 aliphatic rings. The van der Waals surface area contributed by atoms with E-state index in [2.05, 4.69) is 0 Å². The molecule has 0 saturated carbocycles. The van der Waals surface area contributed by atoms with Gasteiger partial charge in [0.05, 0.1) is 11.2 Å². The standard InChI is InChI=1S/C6H14BO3P/c1-5(2)6(3,4)10-7(9-5)11-8/h8,11H,1-4H3. The van der Waals surface area contributed by atoms with Gasteiger partial charge in [0.2, 0.25) is 0 Å². The second kappa shape index (κ2) is 2.70. The summed E-state index contributed by atoms with van der Waals surface area (Å²) in [4.78, 5) is 8.81. The molecule has 5 heteroatoms. The maximum atomic E-state index is 8.81. The Morgan fingerprint density at radius 2 is 1.45 bits per heavy atom. The number of hydrogen-bond acceptors (Lipinski definition) is 3. The monoisotopic (exact) mass is 176 g/mol. The lowest BCUT2D eigenvalue weighted by Gasteiger charge is -2.32. The minimum Gasteiger partial charge on any atom is -0.398 e. The first-order valence-corrected chi connectivity index (χ1v) is 4.67. The van der Waals surface area contributed by atoms with Crippen molar-refractivity contribution in [3.63, 3.8) is 0 Å². The zero-order valence-corrected chi connectivity index (χ0v) is 8.34. The summed E-state index contributed by atoms with van der Waals surface area (Å²) in [6.07, 6.45) is 0. The zero-order chi connectivity index (χ0) is 8.70. The van der Waals surface area contributed by atoms with Gasteiger partial charge in [-0.05, 0) is 27.7 Å². The molecule has 1 rings (SSSR count). The average molecular weight is 176 g/mol. The Hall–Kier alpha value is 0.375. The Morgan fingerprint density at radius 1 is 1.09 bits per heavy atom. The molecule has 0 aromatic rings. The smallest absolute Gasteiger partial charge is 0.398 e. The van der Waals surface area contributed by atoms with Gasteiger partial charge in [0, 0.05) is 8.69 Å². The van der Waals surface area contributed by atoms with Gasteiger partial charge in [-0.2, -0.15) is 0 Å². The van der Waals surface area contributed by atoms with E-state index in [0.29, 0.717) is 0 Å². The SMILES string of the molecule is CC1(C)OB(PO)OC1(C)C. The van der Waals surface area contributed by atoms with Crippen molar-refractivity contribution >= 4 is 15.5 Å². The molecule has 64 valence electrons. The molecule has 0 aromatic heterocycles. The highest BCUT2D eigenvalue weighted by Gasteiger charge is 2.50. The molecule has 0 bridgehead atoms. The van der Waals surface area contributed by atoms with Crippen molar-refractivity contribution < 1.29 is 14.2 Å². The van der Waals surface area contributed by atoms with Gasteiger partial charge >= 0.3 is 6.84 Å². The Labute approximate surface area is 69.4 Å². The predicted octanol–water partition coefficient (Wildman–Crippen LogP) is 1.16. The Balaban J connectivity index is 2.72. The summed E-state index contributed by atoms with van der Waals surface area (Å²) in [5.74, 6) is 0. The van der Waals surface area contributed by atoms with Crippen LogP contribution in [0.15, 0.2) is 0 Å². The van der Waals surface area contributed by atoms with E-state index in [1.54, 1.807) is 0 Å². The van der Waals surface area contributed by atoms with Gasteiger partial charge in [-0.15, -0.1) is 0 Å². The molecular formula is C6H14BO3P. The molecule has 1 unspecified atom stereocenters. The highest BCUT2D eigenvalue weighted by molar-refractivity contribution is 7.69. The molecular weight excluding hydrogens is 162 g/mol. The molecule has 0 aliphatic carbocycles. The molecule has 11 heavy (non-hydrogen) atoms. The lowest BCUT2D eigenvalue weighted by Crippen LogP contribution is -2.41. The largest absolute Gasteiger partial charge is 0.512 e. The van der Waals surface area contributed by atoms with E-state index in [9.17, 15) is 0 Å². The van der Waals surface area contributed by atoms with E-state index < -0.39 is 6.84 Å². The maximum Gasteiger partial charge on any atom is 0.512 e. The minimum atomic E-state index is -0.431. The topological polar surface area (TPSA) is 38.7 Å². The van der Waals surface area contributed by atoms with Crippen LogP contribution in [0.25, 0.3) is 0 Å². The Bertz CT molecular complexity index is 144. The van der Waals surface area contributed by atoms with E-state index in [0.717, 1.165) is 0 Å². The minimum absolute atomic E-state index is 0.300. The Morgan fingerprint density at radius 3 is 1.64 bits per heavy atom. The van der Waals surface area contributed by atoms with Gasteiger partial charge < -0.3 is 14.2 Å². The molecule has 0 amide bonds. The maximum absolute atomic E-state index is 8.81. The van der Waals surface area contributed by atoms with Crippen LogP contribution in [0.3, 0.4) is 0 Å². The summed E-state index contributed by atoms with van der Waals surface area (Å²) in [5.41, 5.74) is -0.624. The summed E-state index contributed by atoms with van der Waals surface area (Å²) >= 11 is 0. The van der Waals surface area contributed by atoms with Crippen LogP contribution in [0.1, 0.15) is 27.7 Å². The summed E-state index contributed by atoms with van der Waals surface area (Å²) in [6, 6.07) is 0. The predicted molar refractivity (Wildman–Crippen MR) is 46.6 cm³/mol. The van der Waals surface area contributed by atoms with Crippen molar-refractivity contribution in [2.45, 2.75) is 38.9 Å². The summed E-state index contributed by atoms with van der Waals surface area (Å²) in [6.45, 7) is 7.43. The van der Waals surface area contributed by atoms with Crippen LogP contribution in [-0.2, 0) is 9.31 Å². The van der Waals surface area contributed by atoms with Crippen LogP contribution in [0.4, 0.5) is 0 Å². The third-order valence-corrected chi connectivity index (χ3v) is 2.81. The molecule has 1 fully saturated rings. The normalized spacial score (nSPS) is 28.6. The third kappa shape index (κ3) is 1.59. The van der Waals surface area contributed by atoms with Gasteiger partial charge in [0.25, 0.3) is 0 Å². The number of hydrogen-bond donors (Lipinski definition) is 1. The quantitative estimate of drug-likeness (QED) is 0.481. The van der Waals surface area contributed by atoms with Crippen LogP contribution in [0.2, 0.25) is 0 Å². The van der Waals surface area contributed by atoms with Crippen LogP contribution in [-0.4, -0.2) is 22.9 Å². The van der Waals surface area contributed by atoms with Gasteiger partial charge in [-0.1, -0.05) is 0 Å². The molecule has 1 heterocycles. The van der Waals surface area contributed by atoms with E-state index in [1.165, 1.54) is 0 Å². The zero-order valence-electron chi connectivity index (χ0n) is 7.34. The molecule has 3 nitrogen and oxygen atoms in total.